The van der Waals surface area contributed by atoms with Crippen LogP contribution in [0.2, 0.25) is 0 Å². The lowest BCUT2D eigenvalue weighted by Gasteiger charge is -2.31. The number of carbonyl (C=O) groups excluding carboxylic acids is 3. The Morgan fingerprint density at radius 2 is 1.56 bits per heavy atom. The normalized spacial score (nSPS) is 22.3. The molecule has 246 valence electrons. The zero-order chi connectivity index (χ0) is 33.1. The fraction of sp³-hybridized carbons (Fsp3) is 0.543. The molecule has 0 saturated carbocycles. The smallest absolute Gasteiger partial charge is 0.411 e. The van der Waals surface area contributed by atoms with Crippen molar-refractivity contribution in [2.24, 2.45) is 4.99 Å². The maximum Gasteiger partial charge on any atom is 0.411 e. The van der Waals surface area contributed by atoms with Gasteiger partial charge in [-0.05, 0) is 96.4 Å². The highest BCUT2D eigenvalue weighted by atomic mass is 16.6. The number of likely N-dealkylation sites (tertiary alicyclic amines) is 1. The first kappa shape index (κ1) is 35.6. The van der Waals surface area contributed by atoms with E-state index in [0.717, 1.165) is 36.3 Å². The summed E-state index contributed by atoms with van der Waals surface area (Å²) in [5.41, 5.74) is 3.54. The van der Waals surface area contributed by atoms with Gasteiger partial charge in [0.1, 0.15) is 23.4 Å². The molecule has 0 spiro atoms. The van der Waals surface area contributed by atoms with Crippen LogP contribution in [-0.2, 0) is 28.5 Å². The van der Waals surface area contributed by atoms with Gasteiger partial charge in [-0.1, -0.05) is 42.0 Å². The van der Waals surface area contributed by atoms with Crippen molar-refractivity contribution in [2.75, 3.05) is 20.8 Å². The average molecular weight is 625 g/mol. The van der Waals surface area contributed by atoms with Gasteiger partial charge in [-0.2, -0.15) is 0 Å². The number of phenolic OH excluding ortho intramolecular Hbond substituents is 1. The first-order valence-corrected chi connectivity index (χ1v) is 15.5. The number of esters is 2. The first-order valence-electron chi connectivity index (χ1n) is 15.5. The van der Waals surface area contributed by atoms with E-state index in [-0.39, 0.29) is 23.8 Å². The van der Waals surface area contributed by atoms with Gasteiger partial charge < -0.3 is 24.1 Å². The third kappa shape index (κ3) is 10.6. The van der Waals surface area contributed by atoms with Gasteiger partial charge in [-0.15, -0.1) is 0 Å². The Kier molecular flexibility index (Phi) is 13.0. The minimum absolute atomic E-state index is 0.153. The molecule has 3 aliphatic rings. The van der Waals surface area contributed by atoms with Crippen molar-refractivity contribution in [1.29, 1.82) is 0 Å². The molecule has 1 amide bonds. The predicted octanol–water partition coefficient (Wildman–Crippen LogP) is 6.31. The van der Waals surface area contributed by atoms with Crippen LogP contribution in [0, 0.1) is 6.92 Å². The molecule has 5 rings (SSSR count). The molecule has 45 heavy (non-hydrogen) atoms. The summed E-state index contributed by atoms with van der Waals surface area (Å²) in [5.74, 6) is -0.528. The molecule has 0 bridgehead atoms. The molecule has 1 unspecified atom stereocenters. The lowest BCUT2D eigenvalue weighted by Crippen LogP contribution is -2.44. The third-order valence-electron chi connectivity index (χ3n) is 7.72. The van der Waals surface area contributed by atoms with Crippen molar-refractivity contribution < 1.29 is 38.4 Å². The molecule has 10 nitrogen and oxygen atoms in total. The van der Waals surface area contributed by atoms with Crippen LogP contribution in [0.25, 0.3) is 0 Å². The van der Waals surface area contributed by atoms with Gasteiger partial charge in [0.2, 0.25) is 0 Å². The average Bonchev–Trinajstić information content (AvgIpc) is 3.78. The number of benzene rings is 2. The Bertz CT molecular complexity index is 1290. The summed E-state index contributed by atoms with van der Waals surface area (Å²) in [6.07, 6.45) is 5.29. The van der Waals surface area contributed by atoms with E-state index in [0.29, 0.717) is 18.9 Å². The number of rotatable bonds is 4. The van der Waals surface area contributed by atoms with Crippen LogP contribution in [-0.4, -0.2) is 78.4 Å². The second kappa shape index (κ2) is 16.4. The maximum absolute atomic E-state index is 12.6. The second-order valence-corrected chi connectivity index (χ2v) is 12.5. The van der Waals surface area contributed by atoms with Crippen LogP contribution in [0.4, 0.5) is 4.79 Å². The van der Waals surface area contributed by atoms with E-state index < -0.39 is 23.7 Å². The number of aromatic hydroxyl groups is 1. The minimum Gasteiger partial charge on any atom is -0.508 e. The topological polar surface area (TPSA) is 124 Å². The summed E-state index contributed by atoms with van der Waals surface area (Å²) >= 11 is 0. The number of ether oxygens (including phenoxy) is 4. The summed E-state index contributed by atoms with van der Waals surface area (Å²) in [7, 11) is 2.71. The van der Waals surface area contributed by atoms with Gasteiger partial charge in [-0.3, -0.25) is 9.89 Å². The van der Waals surface area contributed by atoms with Crippen molar-refractivity contribution in [3.05, 3.63) is 65.2 Å². The van der Waals surface area contributed by atoms with Crippen LogP contribution < -0.4 is 0 Å². The molecule has 3 heterocycles. The lowest BCUT2D eigenvalue weighted by atomic mass is 10.0. The SMILES string of the molecule is CC1CCCO1.COC(=O)[C@@H]1CCC(c2ccc(C)cc2)=N1.COC(=O)[C@@H]1CC[C@H](c2ccc(O)cc2)N1C(=O)OC(C)(C)C. The van der Waals surface area contributed by atoms with Crippen LogP contribution in [0.1, 0.15) is 89.0 Å². The summed E-state index contributed by atoms with van der Waals surface area (Å²) < 4.78 is 20.1. The molecule has 2 fully saturated rings. The van der Waals surface area contributed by atoms with Gasteiger partial charge in [0.25, 0.3) is 0 Å². The van der Waals surface area contributed by atoms with E-state index in [1.54, 1.807) is 45.0 Å². The van der Waals surface area contributed by atoms with E-state index in [1.165, 1.54) is 37.5 Å². The molecule has 0 aromatic heterocycles. The lowest BCUT2D eigenvalue weighted by molar-refractivity contribution is -0.146. The van der Waals surface area contributed by atoms with Gasteiger partial charge >= 0.3 is 18.0 Å². The maximum atomic E-state index is 12.6. The van der Waals surface area contributed by atoms with Crippen molar-refractivity contribution in [1.82, 2.24) is 4.90 Å². The van der Waals surface area contributed by atoms with Gasteiger partial charge in [0.05, 0.1) is 26.4 Å². The number of aliphatic imine (C=N–C) groups is 1. The Morgan fingerprint density at radius 1 is 0.911 bits per heavy atom. The molecule has 2 aromatic carbocycles. The molecule has 2 saturated heterocycles. The highest BCUT2D eigenvalue weighted by Crippen LogP contribution is 2.38. The van der Waals surface area contributed by atoms with Gasteiger partial charge in [0.15, 0.2) is 0 Å². The fourth-order valence-corrected chi connectivity index (χ4v) is 5.37. The highest BCUT2D eigenvalue weighted by molar-refractivity contribution is 6.03. The number of hydrogen-bond acceptors (Lipinski definition) is 9. The molecule has 0 radical (unpaired) electrons. The van der Waals surface area contributed by atoms with Crippen LogP contribution >= 0.6 is 0 Å². The van der Waals surface area contributed by atoms with E-state index >= 15 is 0 Å². The third-order valence-corrected chi connectivity index (χ3v) is 7.72. The van der Waals surface area contributed by atoms with Crippen molar-refractivity contribution in [2.45, 2.75) is 103 Å². The predicted molar refractivity (Wildman–Crippen MR) is 171 cm³/mol. The molecule has 1 N–H and O–H groups in total. The highest BCUT2D eigenvalue weighted by Gasteiger charge is 2.44. The molecular weight excluding hydrogens is 576 g/mol. The summed E-state index contributed by atoms with van der Waals surface area (Å²) in [6.45, 7) is 10.5. The zero-order valence-electron chi connectivity index (χ0n) is 27.6. The number of carbonyl (C=O) groups is 3. The monoisotopic (exact) mass is 624 g/mol. The fourth-order valence-electron chi connectivity index (χ4n) is 5.37. The van der Waals surface area contributed by atoms with Crippen molar-refractivity contribution in [3.8, 4) is 5.75 Å². The van der Waals surface area contributed by atoms with E-state index in [4.69, 9.17) is 18.9 Å². The number of nitrogens with zero attached hydrogens (tertiary/aromatic N) is 2. The minimum atomic E-state index is -0.659. The van der Waals surface area contributed by atoms with E-state index in [1.807, 2.05) is 12.1 Å². The summed E-state index contributed by atoms with van der Waals surface area (Å²) in [6, 6.07) is 13.6. The van der Waals surface area contributed by atoms with Gasteiger partial charge in [0, 0.05) is 12.3 Å². The molecular formula is C35H48N2O8. The molecule has 2 aromatic rings. The van der Waals surface area contributed by atoms with Crippen molar-refractivity contribution in [3.63, 3.8) is 0 Å². The van der Waals surface area contributed by atoms with E-state index in [2.05, 4.69) is 31.0 Å². The Morgan fingerprint density at radius 3 is 2.07 bits per heavy atom. The Hall–Kier alpha value is -3.92. The molecule has 10 heteroatoms. The van der Waals surface area contributed by atoms with Gasteiger partial charge in [-0.25, -0.2) is 14.4 Å². The second-order valence-electron chi connectivity index (χ2n) is 12.5. The summed E-state index contributed by atoms with van der Waals surface area (Å²) in [5, 5.41) is 9.43. The van der Waals surface area contributed by atoms with E-state index in [9.17, 15) is 19.5 Å². The molecule has 3 aliphatic heterocycles. The number of hydrogen-bond donors (Lipinski definition) is 1. The Balaban J connectivity index is 0.000000215. The number of aryl methyl sites for hydroxylation is 1. The first-order chi connectivity index (χ1) is 21.3. The molecule has 4 atom stereocenters. The Labute approximate surface area is 266 Å². The largest absolute Gasteiger partial charge is 0.508 e. The standard InChI is InChI=1S/C17H23NO5.C13H15NO2.C5H10O/c1-17(2,3)23-16(21)18-13(9-10-14(18)15(20)22-4)11-5-7-12(19)8-6-11;1-9-3-5-10(6-4-9)11-7-8-12(14-11)13(15)16-2;1-5-3-2-4-6-5/h5-8,13-14,19H,9-10H2,1-4H3;3-6,12H,7-8H2,1-2H3;5H,2-4H2,1H3/t13-,14+;12-;/m10./s1. The van der Waals surface area contributed by atoms with Crippen LogP contribution in [0.3, 0.4) is 0 Å². The van der Waals surface area contributed by atoms with Crippen LogP contribution in [0.15, 0.2) is 53.5 Å². The zero-order valence-corrected chi connectivity index (χ0v) is 27.6. The quantitative estimate of drug-likeness (QED) is 0.310. The molecule has 0 aliphatic carbocycles. The summed E-state index contributed by atoms with van der Waals surface area (Å²) in [4.78, 5) is 41.8. The number of phenols is 1. The number of amides is 1. The van der Waals surface area contributed by atoms with Crippen LogP contribution in [0.5, 0.6) is 5.75 Å². The number of methoxy groups -OCH3 is 2. The van der Waals surface area contributed by atoms with Crippen molar-refractivity contribution >= 4 is 23.7 Å².